The van der Waals surface area contributed by atoms with E-state index in [0.717, 1.165) is 18.0 Å². The average molecular weight is 197 g/mol. The zero-order valence-corrected chi connectivity index (χ0v) is 9.82. The Morgan fingerprint density at radius 2 is 2.08 bits per heavy atom. The van der Waals surface area contributed by atoms with Gasteiger partial charge in [0.1, 0.15) is 0 Å². The zero-order chi connectivity index (χ0) is 10.1. The van der Waals surface area contributed by atoms with E-state index in [-0.39, 0.29) is 0 Å². The van der Waals surface area contributed by atoms with Crippen molar-refractivity contribution in [2.24, 2.45) is 4.99 Å². The topological polar surface area (TPSA) is 12.4 Å². The maximum absolute atomic E-state index is 4.36. The molecule has 0 unspecified atom stereocenters. The van der Waals surface area contributed by atoms with Crippen LogP contribution in [-0.2, 0) is 0 Å². The molecule has 0 aliphatic rings. The van der Waals surface area contributed by atoms with E-state index in [2.05, 4.69) is 37.1 Å². The van der Waals surface area contributed by atoms with E-state index >= 15 is 0 Å². The van der Waals surface area contributed by atoms with Crippen LogP contribution in [0.5, 0.6) is 0 Å². The first-order valence-corrected chi connectivity index (χ1v) is 5.81. The molecule has 0 aromatic rings. The fourth-order valence-corrected chi connectivity index (χ4v) is 0.958. The van der Waals surface area contributed by atoms with Crippen LogP contribution in [0.4, 0.5) is 0 Å². The van der Waals surface area contributed by atoms with Gasteiger partial charge < -0.3 is 0 Å². The van der Waals surface area contributed by atoms with Gasteiger partial charge in [-0.1, -0.05) is 30.7 Å². The highest BCUT2D eigenvalue weighted by Crippen LogP contribution is 1.99. The third-order valence-electron chi connectivity index (χ3n) is 1.64. The number of nitrogens with zero attached hydrogens (tertiary/aromatic N) is 1. The fraction of sp³-hybridized carbons (Fsp3) is 0.545. The third kappa shape index (κ3) is 7.85. The molecule has 0 bridgehead atoms. The Morgan fingerprint density at radius 3 is 2.62 bits per heavy atom. The molecule has 0 saturated carbocycles. The molecule has 0 saturated heterocycles. The highest BCUT2D eigenvalue weighted by Gasteiger charge is 1.84. The van der Waals surface area contributed by atoms with E-state index < -0.39 is 0 Å². The molecule has 0 aromatic carbocycles. The summed E-state index contributed by atoms with van der Waals surface area (Å²) in [4.78, 5) is 4.36. The van der Waals surface area contributed by atoms with E-state index in [1.54, 1.807) is 11.8 Å². The van der Waals surface area contributed by atoms with Crippen LogP contribution in [0.25, 0.3) is 0 Å². The number of allylic oxidation sites excluding steroid dienone is 3. The number of hydrogen-bond acceptors (Lipinski definition) is 2. The molecule has 0 N–H and O–H groups in total. The Kier molecular flexibility index (Phi) is 7.80. The van der Waals surface area contributed by atoms with Crippen molar-refractivity contribution >= 4 is 16.8 Å². The van der Waals surface area contributed by atoms with Gasteiger partial charge in [0.05, 0.1) is 11.6 Å². The van der Waals surface area contributed by atoms with Crippen LogP contribution >= 0.6 is 11.8 Å². The van der Waals surface area contributed by atoms with Gasteiger partial charge in [-0.05, 0) is 26.5 Å². The molecule has 0 aromatic heterocycles. The summed E-state index contributed by atoms with van der Waals surface area (Å²) in [5.74, 6) is 0. The summed E-state index contributed by atoms with van der Waals surface area (Å²) in [5.41, 5.74) is 1.29. The van der Waals surface area contributed by atoms with Gasteiger partial charge in [-0.15, -0.1) is 11.8 Å². The van der Waals surface area contributed by atoms with Crippen molar-refractivity contribution < 1.29 is 0 Å². The normalized spacial score (nSPS) is 14.2. The molecule has 0 radical (unpaired) electrons. The van der Waals surface area contributed by atoms with E-state index in [4.69, 9.17) is 0 Å². The van der Waals surface area contributed by atoms with Crippen LogP contribution in [0, 0.1) is 0 Å². The van der Waals surface area contributed by atoms with Gasteiger partial charge in [-0.25, -0.2) is 0 Å². The average Bonchev–Trinajstić information content (AvgIpc) is 2.14. The Bertz CT molecular complexity index is 214. The van der Waals surface area contributed by atoms with Gasteiger partial charge in [0.15, 0.2) is 0 Å². The quantitative estimate of drug-likeness (QED) is 0.380. The first-order valence-electron chi connectivity index (χ1n) is 4.59. The monoisotopic (exact) mass is 197 g/mol. The van der Waals surface area contributed by atoms with Crippen molar-refractivity contribution in [3.63, 3.8) is 0 Å². The summed E-state index contributed by atoms with van der Waals surface area (Å²) in [7, 11) is 0. The minimum Gasteiger partial charge on any atom is -0.279 e. The van der Waals surface area contributed by atoms with Gasteiger partial charge in [-0.3, -0.25) is 4.99 Å². The van der Waals surface area contributed by atoms with Crippen molar-refractivity contribution in [1.82, 2.24) is 0 Å². The van der Waals surface area contributed by atoms with Gasteiger partial charge in [0.25, 0.3) is 0 Å². The minimum absolute atomic E-state index is 0.798. The van der Waals surface area contributed by atoms with Crippen LogP contribution in [0.2, 0.25) is 0 Å². The van der Waals surface area contributed by atoms with Crippen LogP contribution in [0.15, 0.2) is 28.8 Å². The Hall–Kier alpha value is -0.500. The van der Waals surface area contributed by atoms with Crippen LogP contribution in [0.1, 0.15) is 27.2 Å². The number of thioether (sulfide) groups is 1. The zero-order valence-electron chi connectivity index (χ0n) is 9.00. The summed E-state index contributed by atoms with van der Waals surface area (Å²) < 4.78 is 0. The molecular formula is C11H19NS. The summed E-state index contributed by atoms with van der Waals surface area (Å²) in [5, 5.41) is 1.14. The highest BCUT2D eigenvalue weighted by molar-refractivity contribution is 8.13. The molecule has 0 atom stereocenters. The second-order valence-electron chi connectivity index (χ2n) is 2.82. The summed E-state index contributed by atoms with van der Waals surface area (Å²) in [6, 6.07) is 0. The van der Waals surface area contributed by atoms with Gasteiger partial charge in [0.2, 0.25) is 0 Å². The Morgan fingerprint density at radius 1 is 1.38 bits per heavy atom. The second-order valence-corrected chi connectivity index (χ2v) is 3.82. The molecule has 2 heteroatoms. The number of aliphatic imine (C=N–C) groups is 1. The Balaban J connectivity index is 3.90. The lowest BCUT2D eigenvalue weighted by Crippen LogP contribution is -1.84. The van der Waals surface area contributed by atoms with E-state index in [1.807, 2.05) is 13.2 Å². The van der Waals surface area contributed by atoms with Crippen molar-refractivity contribution in [2.45, 2.75) is 27.2 Å². The second kappa shape index (κ2) is 8.11. The van der Waals surface area contributed by atoms with Crippen LogP contribution in [0.3, 0.4) is 0 Å². The third-order valence-corrected chi connectivity index (χ3v) is 2.36. The van der Waals surface area contributed by atoms with Gasteiger partial charge in [0, 0.05) is 0 Å². The molecule has 1 nitrogen and oxygen atoms in total. The van der Waals surface area contributed by atoms with E-state index in [9.17, 15) is 0 Å². The summed E-state index contributed by atoms with van der Waals surface area (Å²) >= 11 is 1.70. The predicted molar refractivity (Wildman–Crippen MR) is 64.7 cm³/mol. The lowest BCUT2D eigenvalue weighted by Gasteiger charge is -1.93. The maximum Gasteiger partial charge on any atom is 0.0646 e. The molecule has 0 heterocycles. The molecule has 0 rings (SSSR count). The number of hydrogen-bond donors (Lipinski definition) is 0. The number of rotatable bonds is 4. The fourth-order valence-electron chi connectivity index (χ4n) is 0.755. The molecule has 0 fully saturated rings. The van der Waals surface area contributed by atoms with E-state index in [1.165, 1.54) is 5.57 Å². The summed E-state index contributed by atoms with van der Waals surface area (Å²) in [6.07, 6.45) is 9.59. The SMILES string of the molecule is CC/C=C\C(C)=C/C/N=C(\C)SC. The molecular weight excluding hydrogens is 178 g/mol. The minimum atomic E-state index is 0.798. The molecule has 0 aliphatic carbocycles. The van der Waals surface area contributed by atoms with Gasteiger partial charge in [-0.2, -0.15) is 0 Å². The molecule has 0 spiro atoms. The lowest BCUT2D eigenvalue weighted by molar-refractivity contribution is 1.20. The first kappa shape index (κ1) is 12.5. The summed E-state index contributed by atoms with van der Waals surface area (Å²) in [6.45, 7) is 7.08. The largest absolute Gasteiger partial charge is 0.279 e. The van der Waals surface area contributed by atoms with Crippen molar-refractivity contribution in [1.29, 1.82) is 0 Å². The highest BCUT2D eigenvalue weighted by atomic mass is 32.2. The van der Waals surface area contributed by atoms with Crippen molar-refractivity contribution in [3.8, 4) is 0 Å². The maximum atomic E-state index is 4.36. The van der Waals surface area contributed by atoms with Crippen molar-refractivity contribution in [2.75, 3.05) is 12.8 Å². The van der Waals surface area contributed by atoms with Gasteiger partial charge >= 0.3 is 0 Å². The molecule has 74 valence electrons. The molecule has 13 heavy (non-hydrogen) atoms. The molecule has 0 aliphatic heterocycles. The first-order chi connectivity index (χ1) is 6.20. The Labute approximate surface area is 86.0 Å². The van der Waals surface area contributed by atoms with Crippen molar-refractivity contribution in [3.05, 3.63) is 23.8 Å². The standard InChI is InChI=1S/C11H19NS/c1-5-6-7-10(2)8-9-12-11(3)13-4/h6-8H,5,9H2,1-4H3/b7-6-,10-8-,12-11+. The molecule has 0 amide bonds. The van der Waals surface area contributed by atoms with Crippen LogP contribution < -0.4 is 0 Å². The predicted octanol–water partition coefficient (Wildman–Crippen LogP) is 3.68. The van der Waals surface area contributed by atoms with Crippen LogP contribution in [-0.4, -0.2) is 17.8 Å². The smallest absolute Gasteiger partial charge is 0.0646 e. The van der Waals surface area contributed by atoms with E-state index in [0.29, 0.717) is 0 Å². The lowest BCUT2D eigenvalue weighted by atomic mass is 10.2.